The first-order chi connectivity index (χ1) is 9.70. The van der Waals surface area contributed by atoms with Gasteiger partial charge in [0.25, 0.3) is 0 Å². The van der Waals surface area contributed by atoms with E-state index in [0.717, 1.165) is 16.7 Å². The van der Waals surface area contributed by atoms with E-state index in [2.05, 4.69) is 0 Å². The van der Waals surface area contributed by atoms with E-state index in [-0.39, 0.29) is 23.7 Å². The second-order valence-electron chi connectivity index (χ2n) is 4.96. The lowest BCUT2D eigenvalue weighted by Gasteiger charge is -2.32. The molecule has 2 atom stereocenters. The maximum atomic E-state index is 10.1. The molecule has 0 bridgehead atoms. The molecule has 1 aliphatic rings. The van der Waals surface area contributed by atoms with Crippen LogP contribution in [-0.4, -0.2) is 16.8 Å². The van der Waals surface area contributed by atoms with E-state index in [1.165, 1.54) is 6.07 Å². The van der Waals surface area contributed by atoms with Crippen LogP contribution in [0.3, 0.4) is 0 Å². The topological polar surface area (TPSA) is 75.7 Å². The summed E-state index contributed by atoms with van der Waals surface area (Å²) in [5.74, 6) is -0.168. The summed E-state index contributed by atoms with van der Waals surface area (Å²) in [5, 5.41) is 19.7. The normalized spacial score (nSPS) is 21.4. The van der Waals surface area contributed by atoms with Gasteiger partial charge in [-0.05, 0) is 17.2 Å². The smallest absolute Gasteiger partial charge is 0.161 e. The molecule has 3 rings (SSSR count). The molecule has 0 saturated carbocycles. The Morgan fingerprint density at radius 2 is 1.85 bits per heavy atom. The van der Waals surface area contributed by atoms with E-state index in [1.807, 2.05) is 30.3 Å². The van der Waals surface area contributed by atoms with Gasteiger partial charge in [-0.3, -0.25) is 0 Å². The summed E-state index contributed by atoms with van der Waals surface area (Å²) in [7, 11) is 0. The quantitative estimate of drug-likeness (QED) is 0.733. The van der Waals surface area contributed by atoms with Gasteiger partial charge in [0.15, 0.2) is 11.5 Å². The van der Waals surface area contributed by atoms with Crippen LogP contribution in [0.2, 0.25) is 0 Å². The molecule has 2 aromatic carbocycles. The highest BCUT2D eigenvalue weighted by molar-refractivity contribution is 5.51. The van der Waals surface area contributed by atoms with Crippen molar-refractivity contribution in [2.45, 2.75) is 18.6 Å². The third-order valence-corrected chi connectivity index (χ3v) is 3.75. The molecule has 0 fully saturated rings. The maximum absolute atomic E-state index is 10.1. The lowest BCUT2D eigenvalue weighted by Crippen LogP contribution is -2.25. The van der Waals surface area contributed by atoms with Gasteiger partial charge in [-0.15, -0.1) is 0 Å². The largest absolute Gasteiger partial charge is 0.504 e. The number of hydrogen-bond donors (Lipinski definition) is 3. The predicted molar refractivity (Wildman–Crippen MR) is 75.5 cm³/mol. The Balaban J connectivity index is 2.03. The number of phenolic OH excluding ortho intramolecular Hbond substituents is 2. The van der Waals surface area contributed by atoms with E-state index >= 15 is 0 Å². The molecular formula is C16H17NO3. The van der Waals surface area contributed by atoms with Gasteiger partial charge in [-0.1, -0.05) is 36.4 Å². The SMILES string of the molecule is NC[C@@H]1O[C@@H](c2ccccc2)Cc2c1ccc(O)c2O. The first-order valence-corrected chi connectivity index (χ1v) is 6.65. The standard InChI is InChI=1S/C16H17NO3/c17-9-15-11-6-7-13(18)16(19)12(11)8-14(20-15)10-4-2-1-3-5-10/h1-7,14-15,18-19H,8-9,17H2/t14-,15+/m1/s1. The van der Waals surface area contributed by atoms with Gasteiger partial charge in [0.2, 0.25) is 0 Å². The molecule has 0 aliphatic carbocycles. The van der Waals surface area contributed by atoms with Crippen molar-refractivity contribution < 1.29 is 14.9 Å². The molecule has 0 radical (unpaired) electrons. The molecule has 0 unspecified atom stereocenters. The van der Waals surface area contributed by atoms with Crippen molar-refractivity contribution in [3.8, 4) is 11.5 Å². The van der Waals surface area contributed by atoms with Crippen molar-refractivity contribution >= 4 is 0 Å². The number of ether oxygens (including phenoxy) is 1. The van der Waals surface area contributed by atoms with Gasteiger partial charge >= 0.3 is 0 Å². The van der Waals surface area contributed by atoms with Crippen LogP contribution in [0.15, 0.2) is 42.5 Å². The van der Waals surface area contributed by atoms with Gasteiger partial charge in [-0.25, -0.2) is 0 Å². The second kappa shape index (κ2) is 5.15. The zero-order valence-electron chi connectivity index (χ0n) is 11.0. The minimum absolute atomic E-state index is 0.0646. The Hall–Kier alpha value is -2.04. The molecule has 4 N–H and O–H groups in total. The van der Waals surface area contributed by atoms with Gasteiger partial charge in [0.1, 0.15) is 0 Å². The lowest BCUT2D eigenvalue weighted by atomic mass is 9.90. The maximum Gasteiger partial charge on any atom is 0.161 e. The summed E-state index contributed by atoms with van der Waals surface area (Å²) in [5.41, 5.74) is 8.40. The monoisotopic (exact) mass is 271 g/mol. The highest BCUT2D eigenvalue weighted by atomic mass is 16.5. The van der Waals surface area contributed by atoms with Crippen molar-refractivity contribution in [2.24, 2.45) is 5.73 Å². The molecule has 104 valence electrons. The second-order valence-corrected chi connectivity index (χ2v) is 4.96. The van der Waals surface area contributed by atoms with Gasteiger partial charge < -0.3 is 20.7 Å². The van der Waals surface area contributed by atoms with Crippen LogP contribution in [0.1, 0.15) is 28.9 Å². The fourth-order valence-electron chi connectivity index (χ4n) is 2.71. The molecule has 0 aromatic heterocycles. The Morgan fingerprint density at radius 1 is 1.10 bits per heavy atom. The Morgan fingerprint density at radius 3 is 2.55 bits per heavy atom. The molecule has 4 nitrogen and oxygen atoms in total. The third-order valence-electron chi connectivity index (χ3n) is 3.75. The van der Waals surface area contributed by atoms with Crippen LogP contribution in [0.5, 0.6) is 11.5 Å². The first-order valence-electron chi connectivity index (χ1n) is 6.65. The average molecular weight is 271 g/mol. The van der Waals surface area contributed by atoms with E-state index in [1.54, 1.807) is 6.07 Å². The number of rotatable bonds is 2. The highest BCUT2D eigenvalue weighted by Crippen LogP contribution is 2.43. The first kappa shape index (κ1) is 13.0. The molecular weight excluding hydrogens is 254 g/mol. The van der Waals surface area contributed by atoms with Crippen LogP contribution < -0.4 is 5.73 Å². The minimum atomic E-state index is -0.268. The average Bonchev–Trinajstić information content (AvgIpc) is 2.51. The van der Waals surface area contributed by atoms with Crippen molar-refractivity contribution in [3.05, 3.63) is 59.2 Å². The van der Waals surface area contributed by atoms with E-state index in [0.29, 0.717) is 13.0 Å². The molecule has 4 heteroatoms. The molecule has 1 aliphatic heterocycles. The Labute approximate surface area is 117 Å². The summed E-state index contributed by atoms with van der Waals surface area (Å²) in [6.07, 6.45) is 0.0937. The van der Waals surface area contributed by atoms with Crippen molar-refractivity contribution in [1.82, 2.24) is 0 Å². The summed E-state index contributed by atoms with van der Waals surface area (Å²) >= 11 is 0. The molecule has 0 spiro atoms. The van der Waals surface area contributed by atoms with Crippen molar-refractivity contribution in [2.75, 3.05) is 6.54 Å². The van der Waals surface area contributed by atoms with E-state index < -0.39 is 0 Å². The number of hydrogen-bond acceptors (Lipinski definition) is 4. The summed E-state index contributed by atoms with van der Waals surface area (Å²) in [6.45, 7) is 0.334. The van der Waals surface area contributed by atoms with Crippen molar-refractivity contribution in [1.29, 1.82) is 0 Å². The van der Waals surface area contributed by atoms with E-state index in [4.69, 9.17) is 10.5 Å². The molecule has 1 heterocycles. The Kier molecular flexibility index (Phi) is 3.34. The number of aromatic hydroxyl groups is 2. The third kappa shape index (κ3) is 2.13. The number of phenols is 2. The lowest BCUT2D eigenvalue weighted by molar-refractivity contribution is -0.0230. The summed E-state index contributed by atoms with van der Waals surface area (Å²) in [6, 6.07) is 13.1. The zero-order valence-corrected chi connectivity index (χ0v) is 11.0. The van der Waals surface area contributed by atoms with Crippen LogP contribution in [0.25, 0.3) is 0 Å². The van der Waals surface area contributed by atoms with Crippen molar-refractivity contribution in [3.63, 3.8) is 0 Å². The van der Waals surface area contributed by atoms with Crippen LogP contribution in [0.4, 0.5) is 0 Å². The summed E-state index contributed by atoms with van der Waals surface area (Å²) < 4.78 is 6.03. The number of nitrogens with two attached hydrogens (primary N) is 1. The zero-order chi connectivity index (χ0) is 14.1. The molecule has 20 heavy (non-hydrogen) atoms. The molecule has 2 aromatic rings. The van der Waals surface area contributed by atoms with Crippen LogP contribution in [-0.2, 0) is 11.2 Å². The number of benzene rings is 2. The highest BCUT2D eigenvalue weighted by Gasteiger charge is 2.30. The van der Waals surface area contributed by atoms with Crippen LogP contribution in [0, 0.1) is 0 Å². The Bertz CT molecular complexity index is 613. The van der Waals surface area contributed by atoms with E-state index in [9.17, 15) is 10.2 Å². The van der Waals surface area contributed by atoms with Gasteiger partial charge in [0.05, 0.1) is 12.2 Å². The molecule has 0 amide bonds. The summed E-state index contributed by atoms with van der Waals surface area (Å²) in [4.78, 5) is 0. The predicted octanol–water partition coefficient (Wildman–Crippen LogP) is 2.41. The minimum Gasteiger partial charge on any atom is -0.504 e. The van der Waals surface area contributed by atoms with Gasteiger partial charge in [-0.2, -0.15) is 0 Å². The van der Waals surface area contributed by atoms with Gasteiger partial charge in [0, 0.05) is 18.5 Å². The fourth-order valence-corrected chi connectivity index (χ4v) is 2.71. The number of fused-ring (bicyclic) bond motifs is 1. The molecule has 0 saturated heterocycles. The van der Waals surface area contributed by atoms with Crippen LogP contribution >= 0.6 is 0 Å². The fraction of sp³-hybridized carbons (Fsp3) is 0.250.